The van der Waals surface area contributed by atoms with Crippen molar-refractivity contribution in [3.05, 3.63) is 70.3 Å². The molecule has 0 aliphatic rings. The number of aromatic nitrogens is 2. The average molecular weight is 275 g/mol. The van der Waals surface area contributed by atoms with Gasteiger partial charge in [-0.25, -0.2) is 0 Å². The van der Waals surface area contributed by atoms with E-state index >= 15 is 0 Å². The topological polar surface area (TPSA) is 109 Å². The van der Waals surface area contributed by atoms with E-state index < -0.39 is 23.2 Å². The van der Waals surface area contributed by atoms with Gasteiger partial charge in [-0.1, -0.05) is 12.1 Å². The third-order valence-electron chi connectivity index (χ3n) is 2.87. The maximum atomic E-state index is 11.2. The summed E-state index contributed by atoms with van der Waals surface area (Å²) in [5.74, 6) is 0. The molecule has 2 rings (SSSR count). The van der Waals surface area contributed by atoms with Crippen molar-refractivity contribution >= 4 is 0 Å². The average Bonchev–Trinajstić information content (AvgIpc) is 2.48. The molecule has 2 heterocycles. The highest BCUT2D eigenvalue weighted by molar-refractivity contribution is 5.13. The van der Waals surface area contributed by atoms with Gasteiger partial charge in [0.15, 0.2) is 12.2 Å². The van der Waals surface area contributed by atoms with Gasteiger partial charge in [-0.2, -0.15) is 0 Å². The minimum atomic E-state index is -1.64. The Hall–Kier alpha value is -2.38. The van der Waals surface area contributed by atoms with Crippen molar-refractivity contribution in [3.63, 3.8) is 0 Å². The molecule has 2 aromatic rings. The summed E-state index contributed by atoms with van der Waals surface area (Å²) in [6.07, 6.45) is -0.211. The van der Waals surface area contributed by atoms with E-state index in [1.807, 2.05) is 0 Å². The first-order chi connectivity index (χ1) is 9.61. The number of nitro groups is 1. The van der Waals surface area contributed by atoms with E-state index in [4.69, 9.17) is 0 Å². The molecule has 0 aromatic carbocycles. The van der Waals surface area contributed by atoms with Gasteiger partial charge >= 0.3 is 0 Å². The number of aliphatic hydroxyl groups excluding tert-OH is 2. The zero-order valence-electron chi connectivity index (χ0n) is 10.4. The summed E-state index contributed by atoms with van der Waals surface area (Å²) >= 11 is 0. The summed E-state index contributed by atoms with van der Waals surface area (Å²) in [4.78, 5) is 18.2. The van der Waals surface area contributed by atoms with Gasteiger partial charge in [-0.3, -0.25) is 20.1 Å². The largest absolute Gasteiger partial charge is 0.380 e. The summed E-state index contributed by atoms with van der Waals surface area (Å²) in [6, 6.07) is 7.77. The Balaban J connectivity index is 2.30. The van der Waals surface area contributed by atoms with E-state index in [0.717, 1.165) is 0 Å². The summed E-state index contributed by atoms with van der Waals surface area (Å²) in [7, 11) is 0. The summed E-state index contributed by atoms with van der Waals surface area (Å²) in [5, 5.41) is 31.3. The van der Waals surface area contributed by atoms with Gasteiger partial charge in [0.1, 0.15) is 0 Å². The lowest BCUT2D eigenvalue weighted by molar-refractivity contribution is -0.549. The van der Waals surface area contributed by atoms with Gasteiger partial charge < -0.3 is 10.2 Å². The smallest absolute Gasteiger partial charge is 0.275 e. The van der Waals surface area contributed by atoms with Crippen molar-refractivity contribution in [3.8, 4) is 0 Å². The third kappa shape index (κ3) is 2.95. The molecular weight excluding hydrogens is 262 g/mol. The van der Waals surface area contributed by atoms with Crippen LogP contribution in [0.1, 0.15) is 23.6 Å². The first-order valence-corrected chi connectivity index (χ1v) is 5.92. The number of aliphatic hydroxyl groups is 2. The molecule has 0 radical (unpaired) electrons. The predicted octanol–water partition coefficient (Wildman–Crippen LogP) is 0.889. The molecule has 7 heteroatoms. The van der Waals surface area contributed by atoms with Crippen LogP contribution >= 0.6 is 0 Å². The van der Waals surface area contributed by atoms with Crippen molar-refractivity contribution in [2.45, 2.75) is 18.2 Å². The molecule has 0 saturated carbocycles. The summed E-state index contributed by atoms with van der Waals surface area (Å²) in [6.45, 7) is 0. The second kappa shape index (κ2) is 6.18. The Morgan fingerprint density at radius 1 is 0.950 bits per heavy atom. The van der Waals surface area contributed by atoms with Crippen molar-refractivity contribution in [1.29, 1.82) is 0 Å². The Morgan fingerprint density at radius 3 is 1.70 bits per heavy atom. The fourth-order valence-electron chi connectivity index (χ4n) is 1.86. The van der Waals surface area contributed by atoms with E-state index in [0.29, 0.717) is 0 Å². The molecule has 7 nitrogen and oxygen atoms in total. The van der Waals surface area contributed by atoms with Crippen molar-refractivity contribution in [1.82, 2.24) is 9.97 Å². The van der Waals surface area contributed by atoms with Crippen LogP contribution in [0.5, 0.6) is 0 Å². The van der Waals surface area contributed by atoms with Crippen LogP contribution in [0.15, 0.2) is 48.8 Å². The molecule has 2 atom stereocenters. The maximum Gasteiger partial charge on any atom is 0.275 e. The van der Waals surface area contributed by atoms with Crippen LogP contribution in [-0.2, 0) is 0 Å². The molecule has 0 spiro atoms. The van der Waals surface area contributed by atoms with Crippen molar-refractivity contribution in [2.75, 3.05) is 0 Å². The van der Waals surface area contributed by atoms with Gasteiger partial charge in [-0.05, 0) is 24.3 Å². The Morgan fingerprint density at radius 2 is 1.40 bits per heavy atom. The van der Waals surface area contributed by atoms with Crippen LogP contribution in [-0.4, -0.2) is 31.1 Å². The zero-order valence-corrected chi connectivity index (χ0v) is 10.4. The number of nitrogens with zero attached hydrogens (tertiary/aromatic N) is 3. The van der Waals surface area contributed by atoms with Crippen molar-refractivity contribution < 1.29 is 15.1 Å². The summed E-state index contributed by atoms with van der Waals surface area (Å²) < 4.78 is 0. The highest BCUT2D eigenvalue weighted by atomic mass is 16.6. The SMILES string of the molecule is O=[N+]([O-])C([C@H](O)c1ccccn1)[C@H](O)c1ccccn1. The van der Waals surface area contributed by atoms with Crippen molar-refractivity contribution in [2.24, 2.45) is 0 Å². The second-order valence-electron chi connectivity index (χ2n) is 4.17. The number of hydrogen-bond donors (Lipinski definition) is 2. The number of rotatable bonds is 5. The normalized spacial score (nSPS) is 13.9. The predicted molar refractivity (Wildman–Crippen MR) is 69.2 cm³/mol. The fourth-order valence-corrected chi connectivity index (χ4v) is 1.86. The van der Waals surface area contributed by atoms with E-state index in [1.165, 1.54) is 24.5 Å². The van der Waals surface area contributed by atoms with Gasteiger partial charge in [0.25, 0.3) is 6.04 Å². The Labute approximate surface area is 114 Å². The minimum Gasteiger partial charge on any atom is -0.380 e. The van der Waals surface area contributed by atoms with E-state index in [-0.39, 0.29) is 11.4 Å². The standard InChI is InChI=1S/C13H13N3O4/c17-12(9-5-1-3-7-14-9)11(16(19)20)13(18)10-6-2-4-8-15-10/h1-8,11-13,17-18H/t12-,13-/m1/s1. The van der Waals surface area contributed by atoms with Gasteiger partial charge in [0.2, 0.25) is 0 Å². The van der Waals surface area contributed by atoms with Crippen LogP contribution in [0, 0.1) is 10.1 Å². The van der Waals surface area contributed by atoms with Gasteiger partial charge in [0, 0.05) is 17.3 Å². The molecule has 0 unspecified atom stereocenters. The van der Waals surface area contributed by atoms with Gasteiger partial charge in [0.05, 0.1) is 11.4 Å². The lowest BCUT2D eigenvalue weighted by atomic mass is 9.99. The molecule has 0 aliphatic carbocycles. The second-order valence-corrected chi connectivity index (χ2v) is 4.17. The third-order valence-corrected chi connectivity index (χ3v) is 2.87. The molecule has 0 amide bonds. The lowest BCUT2D eigenvalue weighted by Gasteiger charge is -2.20. The molecule has 0 aliphatic heterocycles. The minimum absolute atomic E-state index is 0.129. The van der Waals surface area contributed by atoms with Crippen LogP contribution < -0.4 is 0 Å². The van der Waals surface area contributed by atoms with Gasteiger partial charge in [-0.15, -0.1) is 0 Å². The molecule has 0 bridgehead atoms. The molecular formula is C13H13N3O4. The summed E-state index contributed by atoms with van der Waals surface area (Å²) in [5.41, 5.74) is 0.258. The van der Waals surface area contributed by atoms with E-state index in [2.05, 4.69) is 9.97 Å². The van der Waals surface area contributed by atoms with Crippen LogP contribution in [0.3, 0.4) is 0 Å². The molecule has 20 heavy (non-hydrogen) atoms. The lowest BCUT2D eigenvalue weighted by Crippen LogP contribution is -2.34. The van der Waals surface area contributed by atoms with Crippen LogP contribution in [0.25, 0.3) is 0 Å². The molecule has 2 aromatic heterocycles. The number of hydrogen-bond acceptors (Lipinski definition) is 6. The molecule has 0 saturated heterocycles. The highest BCUT2D eigenvalue weighted by Crippen LogP contribution is 2.27. The van der Waals surface area contributed by atoms with E-state index in [1.54, 1.807) is 24.3 Å². The molecule has 2 N–H and O–H groups in total. The Bertz CT molecular complexity index is 519. The maximum absolute atomic E-state index is 11.2. The monoisotopic (exact) mass is 275 g/mol. The fraction of sp³-hybridized carbons (Fsp3) is 0.231. The Kier molecular flexibility index (Phi) is 4.34. The molecule has 104 valence electrons. The zero-order chi connectivity index (χ0) is 14.5. The molecule has 0 fully saturated rings. The van der Waals surface area contributed by atoms with Crippen LogP contribution in [0.4, 0.5) is 0 Å². The highest BCUT2D eigenvalue weighted by Gasteiger charge is 2.40. The van der Waals surface area contributed by atoms with Crippen LogP contribution in [0.2, 0.25) is 0 Å². The first-order valence-electron chi connectivity index (χ1n) is 5.92. The quantitative estimate of drug-likeness (QED) is 0.619. The first kappa shape index (κ1) is 14.0. The van der Waals surface area contributed by atoms with E-state index in [9.17, 15) is 20.3 Å². The number of pyridine rings is 2.